The van der Waals surface area contributed by atoms with Gasteiger partial charge in [0, 0.05) is 37.3 Å². The third-order valence-electron chi connectivity index (χ3n) is 4.97. The molecule has 0 atom stereocenters. The first kappa shape index (κ1) is 18.3. The van der Waals surface area contributed by atoms with E-state index in [4.69, 9.17) is 9.84 Å². The summed E-state index contributed by atoms with van der Waals surface area (Å²) in [5.41, 5.74) is 3.30. The molecule has 3 aromatic rings. The van der Waals surface area contributed by atoms with Crippen LogP contribution in [0.3, 0.4) is 0 Å². The van der Waals surface area contributed by atoms with E-state index in [1.165, 1.54) is 0 Å². The first-order valence-corrected chi connectivity index (χ1v) is 9.47. The highest BCUT2D eigenvalue weighted by Crippen LogP contribution is 2.25. The summed E-state index contributed by atoms with van der Waals surface area (Å²) in [6.45, 7) is 3.21. The van der Waals surface area contributed by atoms with Gasteiger partial charge in [0.15, 0.2) is 0 Å². The molecule has 0 unspecified atom stereocenters. The molecule has 0 spiro atoms. The standard InChI is InChI=1S/C22H24N4O2/c1-28-19-9-7-18(8-10-19)21-20(22(27)24-13-17-11-23-12-17)15-26(25-21)14-16-5-3-2-4-6-16/h2-10,15,17,23H,11-14H2,1H3,(H,24,27). The molecule has 2 heterocycles. The minimum Gasteiger partial charge on any atom is -0.497 e. The van der Waals surface area contributed by atoms with Crippen molar-refractivity contribution in [2.75, 3.05) is 26.7 Å². The van der Waals surface area contributed by atoms with Crippen LogP contribution in [0.4, 0.5) is 0 Å². The Morgan fingerprint density at radius 2 is 1.93 bits per heavy atom. The number of carbonyl (C=O) groups is 1. The zero-order chi connectivity index (χ0) is 19.3. The summed E-state index contributed by atoms with van der Waals surface area (Å²) in [6.07, 6.45) is 1.83. The number of ether oxygens (including phenoxy) is 1. The highest BCUT2D eigenvalue weighted by Gasteiger charge is 2.21. The minimum atomic E-state index is -0.0861. The van der Waals surface area contributed by atoms with E-state index in [2.05, 4.69) is 22.8 Å². The van der Waals surface area contributed by atoms with Crippen LogP contribution >= 0.6 is 0 Å². The second-order valence-electron chi connectivity index (χ2n) is 7.04. The van der Waals surface area contributed by atoms with Crippen molar-refractivity contribution in [2.24, 2.45) is 5.92 Å². The Bertz CT molecular complexity index is 931. The fraction of sp³-hybridized carbons (Fsp3) is 0.273. The van der Waals surface area contributed by atoms with E-state index < -0.39 is 0 Å². The number of methoxy groups -OCH3 is 1. The zero-order valence-electron chi connectivity index (χ0n) is 15.9. The van der Waals surface area contributed by atoms with E-state index in [-0.39, 0.29) is 5.91 Å². The van der Waals surface area contributed by atoms with Crippen LogP contribution in [0.2, 0.25) is 0 Å². The first-order valence-electron chi connectivity index (χ1n) is 9.47. The van der Waals surface area contributed by atoms with Gasteiger partial charge in [-0.25, -0.2) is 0 Å². The molecule has 2 N–H and O–H groups in total. The van der Waals surface area contributed by atoms with Gasteiger partial charge < -0.3 is 15.4 Å². The predicted octanol–water partition coefficient (Wildman–Crippen LogP) is 2.56. The van der Waals surface area contributed by atoms with Crippen LogP contribution in [0, 0.1) is 5.92 Å². The SMILES string of the molecule is COc1ccc(-c2nn(Cc3ccccc3)cc2C(=O)NCC2CNC2)cc1. The van der Waals surface area contributed by atoms with Crippen molar-refractivity contribution in [3.05, 3.63) is 71.9 Å². The maximum Gasteiger partial charge on any atom is 0.255 e. The lowest BCUT2D eigenvalue weighted by molar-refractivity contribution is 0.0942. The molecule has 1 saturated heterocycles. The topological polar surface area (TPSA) is 68.2 Å². The quantitative estimate of drug-likeness (QED) is 0.665. The molecule has 28 heavy (non-hydrogen) atoms. The second kappa shape index (κ2) is 8.27. The minimum absolute atomic E-state index is 0.0861. The Hall–Kier alpha value is -3.12. The number of benzene rings is 2. The van der Waals surface area contributed by atoms with Crippen molar-refractivity contribution >= 4 is 5.91 Å². The lowest BCUT2D eigenvalue weighted by atomic mass is 10.0. The number of amides is 1. The summed E-state index contributed by atoms with van der Waals surface area (Å²) in [5, 5.41) is 11.0. The van der Waals surface area contributed by atoms with E-state index >= 15 is 0 Å². The predicted molar refractivity (Wildman–Crippen MR) is 108 cm³/mol. The van der Waals surface area contributed by atoms with Gasteiger partial charge in [0.25, 0.3) is 5.91 Å². The van der Waals surface area contributed by atoms with Gasteiger partial charge in [0.2, 0.25) is 0 Å². The Balaban J connectivity index is 1.61. The van der Waals surface area contributed by atoms with E-state index in [9.17, 15) is 4.79 Å². The molecule has 0 aliphatic carbocycles. The van der Waals surface area contributed by atoms with Crippen LogP contribution < -0.4 is 15.4 Å². The molecule has 0 saturated carbocycles. The normalized spacial score (nSPS) is 13.8. The molecule has 4 rings (SSSR count). The van der Waals surface area contributed by atoms with Crippen LogP contribution in [-0.2, 0) is 6.54 Å². The van der Waals surface area contributed by atoms with E-state index in [0.29, 0.717) is 30.3 Å². The molecule has 1 fully saturated rings. The summed E-state index contributed by atoms with van der Waals surface area (Å²) >= 11 is 0. The van der Waals surface area contributed by atoms with Gasteiger partial charge in [-0.05, 0) is 29.8 Å². The van der Waals surface area contributed by atoms with Gasteiger partial charge in [0.1, 0.15) is 11.4 Å². The summed E-state index contributed by atoms with van der Waals surface area (Å²) in [6, 6.07) is 17.7. The monoisotopic (exact) mass is 376 g/mol. The highest BCUT2D eigenvalue weighted by atomic mass is 16.5. The summed E-state index contributed by atoms with van der Waals surface area (Å²) in [7, 11) is 1.64. The lowest BCUT2D eigenvalue weighted by Gasteiger charge is -2.27. The molecule has 144 valence electrons. The maximum atomic E-state index is 12.9. The summed E-state index contributed by atoms with van der Waals surface area (Å²) < 4.78 is 7.07. The first-order chi connectivity index (χ1) is 13.7. The highest BCUT2D eigenvalue weighted by molar-refractivity contribution is 5.99. The van der Waals surface area contributed by atoms with Crippen molar-refractivity contribution in [1.29, 1.82) is 0 Å². The van der Waals surface area contributed by atoms with E-state index in [1.807, 2.05) is 53.3 Å². The summed E-state index contributed by atoms with van der Waals surface area (Å²) in [5.74, 6) is 1.20. The van der Waals surface area contributed by atoms with Crippen LogP contribution in [0.5, 0.6) is 5.75 Å². The average molecular weight is 376 g/mol. The molecule has 6 heteroatoms. The molecule has 1 aromatic heterocycles. The van der Waals surface area contributed by atoms with Crippen molar-refractivity contribution in [3.8, 4) is 17.0 Å². The van der Waals surface area contributed by atoms with Gasteiger partial charge in [-0.1, -0.05) is 30.3 Å². The van der Waals surface area contributed by atoms with Crippen molar-refractivity contribution in [3.63, 3.8) is 0 Å². The second-order valence-corrected chi connectivity index (χ2v) is 7.04. The Labute approximate surface area is 164 Å². The fourth-order valence-electron chi connectivity index (χ4n) is 3.23. The number of nitrogens with zero attached hydrogens (tertiary/aromatic N) is 2. The lowest BCUT2D eigenvalue weighted by Crippen LogP contribution is -2.48. The Morgan fingerprint density at radius 1 is 1.18 bits per heavy atom. The third kappa shape index (κ3) is 4.07. The van der Waals surface area contributed by atoms with Gasteiger partial charge in [-0.2, -0.15) is 5.10 Å². The van der Waals surface area contributed by atoms with E-state index in [0.717, 1.165) is 30.0 Å². The van der Waals surface area contributed by atoms with Crippen LogP contribution in [0.1, 0.15) is 15.9 Å². The fourth-order valence-corrected chi connectivity index (χ4v) is 3.23. The van der Waals surface area contributed by atoms with Crippen molar-refractivity contribution < 1.29 is 9.53 Å². The molecule has 2 aromatic carbocycles. The smallest absolute Gasteiger partial charge is 0.255 e. The number of carbonyl (C=O) groups excluding carboxylic acids is 1. The van der Waals surface area contributed by atoms with Crippen LogP contribution in [0.15, 0.2) is 60.8 Å². The van der Waals surface area contributed by atoms with Crippen molar-refractivity contribution in [1.82, 2.24) is 20.4 Å². The molecule has 1 aliphatic heterocycles. The molecule has 6 nitrogen and oxygen atoms in total. The molecular weight excluding hydrogens is 352 g/mol. The van der Waals surface area contributed by atoms with Crippen LogP contribution in [0.25, 0.3) is 11.3 Å². The van der Waals surface area contributed by atoms with Gasteiger partial charge >= 0.3 is 0 Å². The number of nitrogens with one attached hydrogen (secondary N) is 2. The Morgan fingerprint density at radius 3 is 2.57 bits per heavy atom. The van der Waals surface area contributed by atoms with Crippen molar-refractivity contribution in [2.45, 2.75) is 6.54 Å². The zero-order valence-corrected chi connectivity index (χ0v) is 15.9. The molecular formula is C22H24N4O2. The number of hydrogen-bond donors (Lipinski definition) is 2. The van der Waals surface area contributed by atoms with Gasteiger partial charge in [0.05, 0.1) is 19.2 Å². The molecule has 0 radical (unpaired) electrons. The van der Waals surface area contributed by atoms with E-state index in [1.54, 1.807) is 7.11 Å². The van der Waals surface area contributed by atoms with Crippen LogP contribution in [-0.4, -0.2) is 42.4 Å². The molecule has 0 bridgehead atoms. The largest absolute Gasteiger partial charge is 0.497 e. The maximum absolute atomic E-state index is 12.9. The number of rotatable bonds is 7. The summed E-state index contributed by atoms with van der Waals surface area (Å²) in [4.78, 5) is 12.9. The molecule has 1 amide bonds. The van der Waals surface area contributed by atoms with Gasteiger partial charge in [-0.3, -0.25) is 9.48 Å². The van der Waals surface area contributed by atoms with Gasteiger partial charge in [-0.15, -0.1) is 0 Å². The average Bonchev–Trinajstić information content (AvgIpc) is 3.11. The molecule has 1 aliphatic rings. The Kier molecular flexibility index (Phi) is 5.39. The third-order valence-corrected chi connectivity index (χ3v) is 4.97. The number of aromatic nitrogens is 2. The number of hydrogen-bond acceptors (Lipinski definition) is 4.